The van der Waals surface area contributed by atoms with E-state index >= 15 is 0 Å². The summed E-state index contributed by atoms with van der Waals surface area (Å²) in [5.74, 6) is 0.840. The summed E-state index contributed by atoms with van der Waals surface area (Å²) in [5, 5.41) is 4.51. The first kappa shape index (κ1) is 14.5. The van der Waals surface area contributed by atoms with E-state index in [2.05, 4.69) is 10.1 Å². The molecule has 106 valence electrons. The highest BCUT2D eigenvalue weighted by molar-refractivity contribution is 6.30. The SMILES string of the molecule is CC(C)C(=O)N(C)Cc1nc(-c2cccc(Cl)c2)no1. The minimum atomic E-state index is -0.0599. The molecule has 1 heterocycles. The fraction of sp³-hybridized carbons (Fsp3) is 0.357. The molecule has 6 heteroatoms. The molecule has 0 spiro atoms. The van der Waals surface area contributed by atoms with E-state index in [0.29, 0.717) is 23.3 Å². The van der Waals surface area contributed by atoms with Crippen molar-refractivity contribution in [2.75, 3.05) is 7.05 Å². The molecule has 0 saturated heterocycles. The minimum Gasteiger partial charge on any atom is -0.337 e. The standard InChI is InChI=1S/C14H16ClN3O2/c1-9(2)14(19)18(3)8-12-16-13(17-20-12)10-5-4-6-11(15)7-10/h4-7,9H,8H2,1-3H3. The lowest BCUT2D eigenvalue weighted by atomic mass is 10.2. The van der Waals surface area contributed by atoms with Gasteiger partial charge in [-0.25, -0.2) is 0 Å². The maximum absolute atomic E-state index is 11.8. The van der Waals surface area contributed by atoms with Gasteiger partial charge >= 0.3 is 0 Å². The van der Waals surface area contributed by atoms with E-state index in [9.17, 15) is 4.79 Å². The summed E-state index contributed by atoms with van der Waals surface area (Å²) in [6, 6.07) is 7.21. The number of hydrogen-bond donors (Lipinski definition) is 0. The summed E-state index contributed by atoms with van der Waals surface area (Å²) < 4.78 is 5.16. The molecule has 0 fully saturated rings. The highest BCUT2D eigenvalue weighted by Gasteiger charge is 2.16. The van der Waals surface area contributed by atoms with E-state index < -0.39 is 0 Å². The van der Waals surface area contributed by atoms with Crippen molar-refractivity contribution in [3.8, 4) is 11.4 Å². The molecule has 1 amide bonds. The monoisotopic (exact) mass is 293 g/mol. The maximum Gasteiger partial charge on any atom is 0.246 e. The van der Waals surface area contributed by atoms with Gasteiger partial charge in [0, 0.05) is 23.6 Å². The smallest absolute Gasteiger partial charge is 0.246 e. The highest BCUT2D eigenvalue weighted by atomic mass is 35.5. The fourth-order valence-electron chi connectivity index (χ4n) is 1.79. The molecule has 0 unspecified atom stereocenters. The van der Waals surface area contributed by atoms with Crippen molar-refractivity contribution in [2.24, 2.45) is 5.92 Å². The number of carbonyl (C=O) groups excluding carboxylic acids is 1. The number of amides is 1. The zero-order valence-electron chi connectivity index (χ0n) is 11.6. The minimum absolute atomic E-state index is 0.0347. The van der Waals surface area contributed by atoms with Crippen molar-refractivity contribution in [2.45, 2.75) is 20.4 Å². The summed E-state index contributed by atoms with van der Waals surface area (Å²) in [6.07, 6.45) is 0. The van der Waals surface area contributed by atoms with E-state index in [-0.39, 0.29) is 11.8 Å². The summed E-state index contributed by atoms with van der Waals surface area (Å²) in [5.41, 5.74) is 0.783. The van der Waals surface area contributed by atoms with Crippen molar-refractivity contribution in [3.63, 3.8) is 0 Å². The van der Waals surface area contributed by atoms with Gasteiger partial charge in [0.1, 0.15) is 0 Å². The predicted molar refractivity (Wildman–Crippen MR) is 76.1 cm³/mol. The van der Waals surface area contributed by atoms with Gasteiger partial charge in [-0.05, 0) is 12.1 Å². The number of halogens is 1. The van der Waals surface area contributed by atoms with Crippen LogP contribution in [0.2, 0.25) is 5.02 Å². The average Bonchev–Trinajstić information content (AvgIpc) is 2.86. The molecule has 2 aromatic rings. The molecule has 0 saturated carbocycles. The molecule has 0 radical (unpaired) electrons. The first-order chi connectivity index (χ1) is 9.47. The Balaban J connectivity index is 2.12. The quantitative estimate of drug-likeness (QED) is 0.869. The zero-order chi connectivity index (χ0) is 14.7. The summed E-state index contributed by atoms with van der Waals surface area (Å²) >= 11 is 5.92. The molecule has 0 N–H and O–H groups in total. The normalized spacial score (nSPS) is 10.8. The molecule has 0 atom stereocenters. The topological polar surface area (TPSA) is 59.2 Å². The highest BCUT2D eigenvalue weighted by Crippen LogP contribution is 2.20. The van der Waals surface area contributed by atoms with Crippen LogP contribution in [0.25, 0.3) is 11.4 Å². The van der Waals surface area contributed by atoms with Gasteiger partial charge in [0.05, 0.1) is 6.54 Å². The van der Waals surface area contributed by atoms with Gasteiger partial charge in [0.25, 0.3) is 0 Å². The lowest BCUT2D eigenvalue weighted by Gasteiger charge is -2.16. The van der Waals surface area contributed by atoms with Crippen molar-refractivity contribution >= 4 is 17.5 Å². The van der Waals surface area contributed by atoms with Crippen LogP contribution in [0.4, 0.5) is 0 Å². The number of hydrogen-bond acceptors (Lipinski definition) is 4. The Morgan fingerprint density at radius 1 is 1.45 bits per heavy atom. The zero-order valence-corrected chi connectivity index (χ0v) is 12.4. The van der Waals surface area contributed by atoms with Crippen LogP contribution in [0.5, 0.6) is 0 Å². The van der Waals surface area contributed by atoms with Gasteiger partial charge in [-0.1, -0.05) is 42.7 Å². The number of nitrogens with zero attached hydrogens (tertiary/aromatic N) is 3. The number of aromatic nitrogens is 2. The molecule has 20 heavy (non-hydrogen) atoms. The molecule has 0 aliphatic heterocycles. The van der Waals surface area contributed by atoms with E-state index in [0.717, 1.165) is 5.56 Å². The Hall–Kier alpha value is -1.88. The van der Waals surface area contributed by atoms with Crippen LogP contribution < -0.4 is 0 Å². The van der Waals surface area contributed by atoms with Crippen molar-refractivity contribution in [1.29, 1.82) is 0 Å². The Morgan fingerprint density at radius 3 is 2.85 bits per heavy atom. The van der Waals surface area contributed by atoms with Crippen LogP contribution in [-0.2, 0) is 11.3 Å². The van der Waals surface area contributed by atoms with Crippen molar-refractivity contribution < 1.29 is 9.32 Å². The Labute approximate surface area is 122 Å². The molecular formula is C14H16ClN3O2. The van der Waals surface area contributed by atoms with Crippen LogP contribution in [0.15, 0.2) is 28.8 Å². The third-order valence-electron chi connectivity index (χ3n) is 2.79. The van der Waals surface area contributed by atoms with Crippen LogP contribution in [-0.4, -0.2) is 28.0 Å². The Kier molecular flexibility index (Phi) is 4.39. The van der Waals surface area contributed by atoms with Crippen LogP contribution in [0.1, 0.15) is 19.7 Å². The molecule has 2 rings (SSSR count). The molecule has 0 aliphatic carbocycles. The number of carbonyl (C=O) groups is 1. The Morgan fingerprint density at radius 2 is 2.20 bits per heavy atom. The Bertz CT molecular complexity index is 610. The lowest BCUT2D eigenvalue weighted by molar-refractivity contribution is -0.133. The first-order valence-electron chi connectivity index (χ1n) is 6.31. The van der Waals surface area contributed by atoms with E-state index in [1.807, 2.05) is 26.0 Å². The molecule has 1 aromatic heterocycles. The second kappa shape index (κ2) is 6.05. The van der Waals surface area contributed by atoms with E-state index in [1.165, 1.54) is 0 Å². The lowest BCUT2D eigenvalue weighted by Crippen LogP contribution is -2.30. The molecule has 1 aromatic carbocycles. The summed E-state index contributed by atoms with van der Waals surface area (Å²) in [6.45, 7) is 4.00. The number of benzene rings is 1. The maximum atomic E-state index is 11.8. The van der Waals surface area contributed by atoms with Gasteiger partial charge in [0.15, 0.2) is 0 Å². The van der Waals surface area contributed by atoms with Crippen molar-refractivity contribution in [1.82, 2.24) is 15.0 Å². The molecule has 5 nitrogen and oxygen atoms in total. The van der Waals surface area contributed by atoms with Crippen LogP contribution in [0, 0.1) is 5.92 Å². The first-order valence-corrected chi connectivity index (χ1v) is 6.68. The largest absolute Gasteiger partial charge is 0.337 e. The van der Waals surface area contributed by atoms with Crippen LogP contribution >= 0.6 is 11.6 Å². The van der Waals surface area contributed by atoms with E-state index in [1.54, 1.807) is 24.1 Å². The van der Waals surface area contributed by atoms with Gasteiger partial charge in [0.2, 0.25) is 17.6 Å². The van der Waals surface area contributed by atoms with E-state index in [4.69, 9.17) is 16.1 Å². The summed E-state index contributed by atoms with van der Waals surface area (Å²) in [7, 11) is 1.71. The second-order valence-electron chi connectivity index (χ2n) is 4.87. The third-order valence-corrected chi connectivity index (χ3v) is 3.03. The predicted octanol–water partition coefficient (Wildman–Crippen LogP) is 3.00. The number of rotatable bonds is 4. The molecular weight excluding hydrogens is 278 g/mol. The molecule has 0 bridgehead atoms. The second-order valence-corrected chi connectivity index (χ2v) is 5.31. The van der Waals surface area contributed by atoms with Gasteiger partial charge in [-0.15, -0.1) is 0 Å². The van der Waals surface area contributed by atoms with Crippen LogP contribution in [0.3, 0.4) is 0 Å². The van der Waals surface area contributed by atoms with Gasteiger partial charge < -0.3 is 9.42 Å². The van der Waals surface area contributed by atoms with Gasteiger partial charge in [-0.2, -0.15) is 4.98 Å². The van der Waals surface area contributed by atoms with Crippen molar-refractivity contribution in [3.05, 3.63) is 35.2 Å². The average molecular weight is 294 g/mol. The molecule has 0 aliphatic rings. The van der Waals surface area contributed by atoms with Gasteiger partial charge in [-0.3, -0.25) is 4.79 Å². The summed E-state index contributed by atoms with van der Waals surface area (Å²) in [4.78, 5) is 17.6. The third kappa shape index (κ3) is 3.36. The fourth-order valence-corrected chi connectivity index (χ4v) is 1.98.